The molecule has 0 saturated carbocycles. The molecule has 0 heterocycles. The normalized spacial score (nSPS) is 12.0. The Morgan fingerprint density at radius 2 is 1.96 bits per heavy atom. The number of nitrogens with zero attached hydrogens (tertiary/aromatic N) is 1. The molecular weight excluding hydrogens is 471 g/mol. The van der Waals surface area contributed by atoms with Crippen molar-refractivity contribution in [3.63, 3.8) is 0 Å². The largest absolute Gasteiger partial charge is 0.504 e. The summed E-state index contributed by atoms with van der Waals surface area (Å²) in [5, 5.41) is 13.9. The van der Waals surface area contributed by atoms with Gasteiger partial charge in [0.05, 0.1) is 16.4 Å². The number of hydrogen-bond acceptors (Lipinski definition) is 5. The molecular formula is C21H25IN2O4. The minimum atomic E-state index is -0.360. The SMILES string of the molecule is CCOc1cc(C=NNC(=O)COc2ccc(C(C)CC)cc2)cc(I)c1O. The van der Waals surface area contributed by atoms with E-state index in [0.717, 1.165) is 6.42 Å². The van der Waals surface area contributed by atoms with E-state index in [4.69, 9.17) is 9.47 Å². The van der Waals surface area contributed by atoms with E-state index >= 15 is 0 Å². The standard InChI is InChI=1S/C21H25IN2O4/c1-4-14(3)16-6-8-17(9-7-16)28-13-20(25)24-23-12-15-10-18(22)21(26)19(11-15)27-5-2/h6-12,14,26H,4-5,13H2,1-3H3,(H,24,25). The average Bonchev–Trinajstić information content (AvgIpc) is 2.70. The highest BCUT2D eigenvalue weighted by molar-refractivity contribution is 14.1. The Labute approximate surface area is 179 Å². The first-order chi connectivity index (χ1) is 13.4. The first kappa shape index (κ1) is 22.0. The van der Waals surface area contributed by atoms with Gasteiger partial charge in [-0.05, 0) is 77.2 Å². The number of phenols is 1. The molecule has 1 atom stereocenters. The molecule has 2 rings (SSSR count). The zero-order valence-electron chi connectivity index (χ0n) is 16.2. The maximum atomic E-state index is 11.9. The number of hydrogen-bond donors (Lipinski definition) is 2. The van der Waals surface area contributed by atoms with Gasteiger partial charge in [0.25, 0.3) is 5.91 Å². The Morgan fingerprint density at radius 3 is 2.61 bits per heavy atom. The van der Waals surface area contributed by atoms with Crippen LogP contribution in [0.2, 0.25) is 0 Å². The molecule has 0 radical (unpaired) electrons. The Balaban J connectivity index is 1.87. The number of carbonyl (C=O) groups is 1. The number of ether oxygens (including phenoxy) is 2. The lowest BCUT2D eigenvalue weighted by molar-refractivity contribution is -0.123. The van der Waals surface area contributed by atoms with Crippen LogP contribution in [0.15, 0.2) is 41.5 Å². The van der Waals surface area contributed by atoms with Gasteiger partial charge in [-0.1, -0.05) is 26.0 Å². The smallest absolute Gasteiger partial charge is 0.277 e. The molecule has 0 saturated heterocycles. The fourth-order valence-electron chi connectivity index (χ4n) is 2.42. The molecule has 1 amide bonds. The van der Waals surface area contributed by atoms with Crippen molar-refractivity contribution in [2.75, 3.05) is 13.2 Å². The predicted octanol–water partition coefficient (Wildman–Crippen LogP) is 4.44. The highest BCUT2D eigenvalue weighted by atomic mass is 127. The molecule has 6 nitrogen and oxygen atoms in total. The molecule has 0 fully saturated rings. The number of benzene rings is 2. The Bertz CT molecular complexity index is 822. The lowest BCUT2D eigenvalue weighted by Gasteiger charge is -2.10. The van der Waals surface area contributed by atoms with Crippen molar-refractivity contribution in [1.29, 1.82) is 0 Å². The summed E-state index contributed by atoms with van der Waals surface area (Å²) in [4.78, 5) is 11.9. The van der Waals surface area contributed by atoms with E-state index in [9.17, 15) is 9.90 Å². The van der Waals surface area contributed by atoms with Crippen molar-refractivity contribution in [3.05, 3.63) is 51.1 Å². The van der Waals surface area contributed by atoms with Crippen molar-refractivity contribution >= 4 is 34.7 Å². The molecule has 0 bridgehead atoms. The van der Waals surface area contributed by atoms with Crippen LogP contribution in [0, 0.1) is 3.57 Å². The maximum absolute atomic E-state index is 11.9. The van der Waals surface area contributed by atoms with Crippen LogP contribution in [-0.4, -0.2) is 30.4 Å². The monoisotopic (exact) mass is 496 g/mol. The molecule has 0 aliphatic rings. The van der Waals surface area contributed by atoms with Crippen LogP contribution in [-0.2, 0) is 4.79 Å². The van der Waals surface area contributed by atoms with Gasteiger partial charge in [0.15, 0.2) is 18.1 Å². The van der Waals surface area contributed by atoms with E-state index in [2.05, 4.69) is 24.4 Å². The van der Waals surface area contributed by atoms with Crippen molar-refractivity contribution in [2.45, 2.75) is 33.1 Å². The third kappa shape index (κ3) is 6.40. The quantitative estimate of drug-likeness (QED) is 0.306. The van der Waals surface area contributed by atoms with Gasteiger partial charge < -0.3 is 14.6 Å². The minimum Gasteiger partial charge on any atom is -0.504 e. The number of aromatic hydroxyl groups is 1. The average molecular weight is 496 g/mol. The Morgan fingerprint density at radius 1 is 1.25 bits per heavy atom. The number of nitrogens with one attached hydrogen (secondary N) is 1. The topological polar surface area (TPSA) is 80.2 Å². The van der Waals surface area contributed by atoms with Crippen LogP contribution in [0.3, 0.4) is 0 Å². The van der Waals surface area contributed by atoms with Crippen LogP contribution in [0.4, 0.5) is 0 Å². The van der Waals surface area contributed by atoms with Crippen molar-refractivity contribution in [3.8, 4) is 17.2 Å². The molecule has 0 spiro atoms. The number of rotatable bonds is 9. The number of amides is 1. The lowest BCUT2D eigenvalue weighted by Crippen LogP contribution is -2.24. The van der Waals surface area contributed by atoms with Crippen LogP contribution >= 0.6 is 22.6 Å². The summed E-state index contributed by atoms with van der Waals surface area (Å²) in [5.41, 5.74) is 4.38. The lowest BCUT2D eigenvalue weighted by atomic mass is 9.99. The molecule has 0 aliphatic carbocycles. The fourth-order valence-corrected chi connectivity index (χ4v) is 3.05. The summed E-state index contributed by atoms with van der Waals surface area (Å²) in [6.07, 6.45) is 2.57. The van der Waals surface area contributed by atoms with Crippen molar-refractivity contribution in [2.24, 2.45) is 5.10 Å². The second kappa shape index (κ2) is 10.9. The van der Waals surface area contributed by atoms with Crippen LogP contribution < -0.4 is 14.9 Å². The van der Waals surface area contributed by atoms with Crippen molar-refractivity contribution in [1.82, 2.24) is 5.43 Å². The third-order valence-electron chi connectivity index (χ3n) is 4.18. The van der Waals surface area contributed by atoms with Gasteiger partial charge in [0, 0.05) is 0 Å². The summed E-state index contributed by atoms with van der Waals surface area (Å²) in [7, 11) is 0. The van der Waals surface area contributed by atoms with E-state index in [1.54, 1.807) is 12.1 Å². The van der Waals surface area contributed by atoms with Gasteiger partial charge in [-0.3, -0.25) is 4.79 Å². The molecule has 150 valence electrons. The summed E-state index contributed by atoms with van der Waals surface area (Å²) >= 11 is 2.01. The zero-order valence-corrected chi connectivity index (χ0v) is 18.4. The Kier molecular flexibility index (Phi) is 8.56. The molecule has 1 unspecified atom stereocenters. The highest BCUT2D eigenvalue weighted by Crippen LogP contribution is 2.32. The summed E-state index contributed by atoms with van der Waals surface area (Å²) in [6, 6.07) is 11.2. The molecule has 2 aromatic rings. The van der Waals surface area contributed by atoms with Gasteiger partial charge in [-0.15, -0.1) is 0 Å². The van der Waals surface area contributed by atoms with Crippen molar-refractivity contribution < 1.29 is 19.4 Å². The summed E-state index contributed by atoms with van der Waals surface area (Å²) in [5.74, 6) is 1.25. The molecule has 2 N–H and O–H groups in total. The van der Waals surface area contributed by atoms with Crippen LogP contribution in [0.5, 0.6) is 17.2 Å². The van der Waals surface area contributed by atoms with E-state index in [1.807, 2.05) is 53.8 Å². The summed E-state index contributed by atoms with van der Waals surface area (Å²) in [6.45, 7) is 6.48. The van der Waals surface area contributed by atoms with Gasteiger partial charge >= 0.3 is 0 Å². The zero-order chi connectivity index (χ0) is 20.5. The maximum Gasteiger partial charge on any atom is 0.277 e. The van der Waals surface area contributed by atoms with Gasteiger partial charge in [-0.2, -0.15) is 5.10 Å². The first-order valence-corrected chi connectivity index (χ1v) is 10.2. The molecule has 0 aromatic heterocycles. The van der Waals surface area contributed by atoms with Gasteiger partial charge in [0.2, 0.25) is 0 Å². The Hall–Kier alpha value is -2.29. The van der Waals surface area contributed by atoms with E-state index in [-0.39, 0.29) is 18.3 Å². The number of hydrazone groups is 1. The minimum absolute atomic E-state index is 0.0939. The number of carbonyl (C=O) groups excluding carboxylic acids is 1. The third-order valence-corrected chi connectivity index (χ3v) is 5.01. The van der Waals surface area contributed by atoms with E-state index in [1.165, 1.54) is 11.8 Å². The van der Waals surface area contributed by atoms with E-state index < -0.39 is 0 Å². The second-order valence-corrected chi connectivity index (χ2v) is 7.40. The molecule has 28 heavy (non-hydrogen) atoms. The van der Waals surface area contributed by atoms with E-state index in [0.29, 0.717) is 33.2 Å². The number of halogens is 1. The van der Waals surface area contributed by atoms with Crippen LogP contribution in [0.25, 0.3) is 0 Å². The first-order valence-electron chi connectivity index (χ1n) is 9.14. The van der Waals surface area contributed by atoms with Gasteiger partial charge in [0.1, 0.15) is 5.75 Å². The fraction of sp³-hybridized carbons (Fsp3) is 0.333. The molecule has 0 aliphatic heterocycles. The summed E-state index contributed by atoms with van der Waals surface area (Å²) < 4.78 is 11.5. The predicted molar refractivity (Wildman–Crippen MR) is 118 cm³/mol. The number of phenolic OH excluding ortho intramolecular Hbond substituents is 1. The van der Waals surface area contributed by atoms with Gasteiger partial charge in [-0.25, -0.2) is 5.43 Å². The second-order valence-electron chi connectivity index (χ2n) is 6.24. The highest BCUT2D eigenvalue weighted by Gasteiger charge is 2.08. The molecule has 2 aromatic carbocycles. The van der Waals surface area contributed by atoms with Crippen LogP contribution in [0.1, 0.15) is 44.2 Å². The molecule has 7 heteroatoms.